The Labute approximate surface area is 199 Å². The monoisotopic (exact) mass is 499 g/mol. The van der Waals surface area contributed by atoms with Gasteiger partial charge >= 0.3 is 0 Å². The molecule has 34 heavy (non-hydrogen) atoms. The Morgan fingerprint density at radius 1 is 0.824 bits per heavy atom. The second-order valence-corrected chi connectivity index (χ2v) is 11.6. The Morgan fingerprint density at radius 3 is 2.09 bits per heavy atom. The lowest BCUT2D eigenvalue weighted by Gasteiger charge is -2.23. The second kappa shape index (κ2) is 9.57. The van der Waals surface area contributed by atoms with E-state index >= 15 is 0 Å². The van der Waals surface area contributed by atoms with Crippen LogP contribution in [0.15, 0.2) is 88.7 Å². The van der Waals surface area contributed by atoms with Crippen molar-refractivity contribution in [1.29, 1.82) is 0 Å². The van der Waals surface area contributed by atoms with Crippen LogP contribution >= 0.6 is 0 Å². The van der Waals surface area contributed by atoms with E-state index in [4.69, 9.17) is 0 Å². The molecule has 10 heteroatoms. The standard InChI is InChI=1S/C24H25N3O5S2/c1-18-9-15-21(16-10-18)33(29,30)26-20-13-11-19(12-14-20)25-24(28)23-8-5-17-27(23)34(31,32)22-6-3-2-4-7-22/h2-4,6-7,9-16,23,26H,5,8,17H2,1H3,(H,25,28). The molecule has 8 nitrogen and oxygen atoms in total. The van der Waals surface area contributed by atoms with E-state index in [9.17, 15) is 21.6 Å². The number of anilines is 2. The number of hydrogen-bond donors (Lipinski definition) is 2. The number of nitrogens with one attached hydrogen (secondary N) is 2. The van der Waals surface area contributed by atoms with Crippen LogP contribution < -0.4 is 10.0 Å². The first-order valence-electron chi connectivity index (χ1n) is 10.7. The highest BCUT2D eigenvalue weighted by Crippen LogP contribution is 2.27. The normalized spacial score (nSPS) is 16.8. The minimum atomic E-state index is -3.79. The number of carbonyl (C=O) groups is 1. The average Bonchev–Trinajstić information content (AvgIpc) is 3.32. The topological polar surface area (TPSA) is 113 Å². The van der Waals surface area contributed by atoms with E-state index in [0.29, 0.717) is 24.2 Å². The lowest BCUT2D eigenvalue weighted by atomic mass is 10.2. The number of amides is 1. The van der Waals surface area contributed by atoms with Gasteiger partial charge in [0, 0.05) is 17.9 Å². The lowest BCUT2D eigenvalue weighted by Crippen LogP contribution is -2.43. The van der Waals surface area contributed by atoms with Gasteiger partial charge < -0.3 is 5.32 Å². The Bertz CT molecular complexity index is 1370. The minimum Gasteiger partial charge on any atom is -0.325 e. The third-order valence-electron chi connectivity index (χ3n) is 5.59. The Morgan fingerprint density at radius 2 is 1.44 bits per heavy atom. The van der Waals surface area contributed by atoms with E-state index in [1.807, 2.05) is 6.92 Å². The summed E-state index contributed by atoms with van der Waals surface area (Å²) in [6.45, 7) is 2.15. The molecule has 1 amide bonds. The van der Waals surface area contributed by atoms with Crippen LogP contribution in [0.5, 0.6) is 0 Å². The molecule has 3 aromatic rings. The van der Waals surface area contributed by atoms with Gasteiger partial charge in [0.1, 0.15) is 6.04 Å². The molecule has 1 saturated heterocycles. The first-order chi connectivity index (χ1) is 16.2. The second-order valence-electron chi connectivity index (χ2n) is 8.07. The van der Waals surface area contributed by atoms with Crippen molar-refractivity contribution in [2.24, 2.45) is 0 Å². The van der Waals surface area contributed by atoms with Gasteiger partial charge in [-0.25, -0.2) is 16.8 Å². The van der Waals surface area contributed by atoms with Crippen LogP contribution in [0.1, 0.15) is 18.4 Å². The van der Waals surface area contributed by atoms with Crippen LogP contribution in [0, 0.1) is 6.92 Å². The first kappa shape index (κ1) is 23.9. The van der Waals surface area contributed by atoms with Crippen LogP contribution in [0.2, 0.25) is 0 Å². The number of hydrogen-bond acceptors (Lipinski definition) is 5. The fraction of sp³-hybridized carbons (Fsp3) is 0.208. The van der Waals surface area contributed by atoms with Crippen LogP contribution in [-0.4, -0.2) is 39.6 Å². The molecule has 0 radical (unpaired) electrons. The van der Waals surface area contributed by atoms with Crippen molar-refractivity contribution >= 4 is 37.3 Å². The van der Waals surface area contributed by atoms with Crippen molar-refractivity contribution in [2.45, 2.75) is 35.6 Å². The lowest BCUT2D eigenvalue weighted by molar-refractivity contribution is -0.119. The molecule has 1 atom stereocenters. The smallest absolute Gasteiger partial charge is 0.261 e. The number of sulfonamides is 2. The summed E-state index contributed by atoms with van der Waals surface area (Å²) in [7, 11) is -7.53. The van der Waals surface area contributed by atoms with E-state index < -0.39 is 32.0 Å². The summed E-state index contributed by atoms with van der Waals surface area (Å²) in [5, 5.41) is 2.74. The fourth-order valence-corrected chi connectivity index (χ4v) is 6.53. The van der Waals surface area contributed by atoms with Crippen LogP contribution in [-0.2, 0) is 24.8 Å². The fourth-order valence-electron chi connectivity index (χ4n) is 3.80. The van der Waals surface area contributed by atoms with Gasteiger partial charge in [0.25, 0.3) is 10.0 Å². The highest BCUT2D eigenvalue weighted by atomic mass is 32.2. The van der Waals surface area contributed by atoms with Gasteiger partial charge in [-0.15, -0.1) is 0 Å². The highest BCUT2D eigenvalue weighted by Gasteiger charge is 2.39. The largest absolute Gasteiger partial charge is 0.325 e. The van der Waals surface area contributed by atoms with Gasteiger partial charge in [-0.05, 0) is 68.3 Å². The molecule has 1 aliphatic heterocycles. The summed E-state index contributed by atoms with van der Waals surface area (Å²) in [6.07, 6.45) is 1.01. The van der Waals surface area contributed by atoms with Crippen LogP contribution in [0.4, 0.5) is 11.4 Å². The third-order valence-corrected chi connectivity index (χ3v) is 8.91. The summed E-state index contributed by atoms with van der Waals surface area (Å²) in [4.78, 5) is 13.2. The van der Waals surface area contributed by atoms with Gasteiger partial charge in [-0.2, -0.15) is 4.31 Å². The zero-order chi connectivity index (χ0) is 24.3. The number of benzene rings is 3. The summed E-state index contributed by atoms with van der Waals surface area (Å²) < 4.78 is 54.8. The van der Waals surface area contributed by atoms with Gasteiger partial charge in [0.2, 0.25) is 15.9 Å². The van der Waals surface area contributed by atoms with E-state index in [-0.39, 0.29) is 16.3 Å². The number of nitrogens with zero attached hydrogens (tertiary/aromatic N) is 1. The molecule has 1 unspecified atom stereocenters. The van der Waals surface area contributed by atoms with E-state index in [1.54, 1.807) is 42.5 Å². The zero-order valence-electron chi connectivity index (χ0n) is 18.5. The molecule has 178 valence electrons. The quantitative estimate of drug-likeness (QED) is 0.516. The molecule has 1 aliphatic rings. The third kappa shape index (κ3) is 5.14. The summed E-state index contributed by atoms with van der Waals surface area (Å²) in [5.74, 6) is -0.426. The average molecular weight is 500 g/mol. The van der Waals surface area contributed by atoms with Crippen molar-refractivity contribution in [2.75, 3.05) is 16.6 Å². The Kier molecular flexibility index (Phi) is 6.74. The van der Waals surface area contributed by atoms with Crippen LogP contribution in [0.25, 0.3) is 0 Å². The molecular weight excluding hydrogens is 474 g/mol. The predicted octanol–water partition coefficient (Wildman–Crippen LogP) is 3.59. The zero-order valence-corrected chi connectivity index (χ0v) is 20.1. The minimum absolute atomic E-state index is 0.149. The first-order valence-corrected chi connectivity index (χ1v) is 13.7. The van der Waals surface area contributed by atoms with E-state index in [1.165, 1.54) is 40.7 Å². The van der Waals surface area contributed by atoms with Gasteiger partial charge in [-0.1, -0.05) is 35.9 Å². The van der Waals surface area contributed by atoms with Crippen molar-refractivity contribution in [3.63, 3.8) is 0 Å². The molecule has 4 rings (SSSR count). The van der Waals surface area contributed by atoms with Gasteiger partial charge in [0.05, 0.1) is 9.79 Å². The molecule has 0 aliphatic carbocycles. The van der Waals surface area contributed by atoms with Crippen molar-refractivity contribution in [3.8, 4) is 0 Å². The molecule has 3 aromatic carbocycles. The maximum Gasteiger partial charge on any atom is 0.261 e. The Balaban J connectivity index is 1.44. The molecule has 0 spiro atoms. The van der Waals surface area contributed by atoms with Crippen LogP contribution in [0.3, 0.4) is 0 Å². The van der Waals surface area contributed by atoms with E-state index in [0.717, 1.165) is 5.56 Å². The SMILES string of the molecule is Cc1ccc(S(=O)(=O)Nc2ccc(NC(=O)C3CCCN3S(=O)(=O)c3ccccc3)cc2)cc1. The molecule has 1 fully saturated rings. The molecule has 0 bridgehead atoms. The molecule has 0 saturated carbocycles. The van der Waals surface area contributed by atoms with Gasteiger partial charge in [0.15, 0.2) is 0 Å². The van der Waals surface area contributed by atoms with Gasteiger partial charge in [-0.3, -0.25) is 9.52 Å². The molecular formula is C24H25N3O5S2. The highest BCUT2D eigenvalue weighted by molar-refractivity contribution is 7.92. The summed E-state index contributed by atoms with van der Waals surface area (Å²) >= 11 is 0. The maximum absolute atomic E-state index is 13.0. The maximum atomic E-state index is 13.0. The van der Waals surface area contributed by atoms with Crippen molar-refractivity contribution < 1.29 is 21.6 Å². The molecule has 0 aromatic heterocycles. The van der Waals surface area contributed by atoms with Crippen molar-refractivity contribution in [3.05, 3.63) is 84.4 Å². The summed E-state index contributed by atoms with van der Waals surface area (Å²) in [5.41, 5.74) is 1.73. The summed E-state index contributed by atoms with van der Waals surface area (Å²) in [6, 6.07) is 19.9. The predicted molar refractivity (Wildman–Crippen MR) is 130 cm³/mol. The number of rotatable bonds is 7. The van der Waals surface area contributed by atoms with Crippen molar-refractivity contribution in [1.82, 2.24) is 4.31 Å². The number of carbonyl (C=O) groups excluding carboxylic acids is 1. The molecule has 1 heterocycles. The number of aryl methyl sites for hydroxylation is 1. The molecule has 2 N–H and O–H groups in total. The van der Waals surface area contributed by atoms with E-state index in [2.05, 4.69) is 10.0 Å². The Hall–Kier alpha value is -3.21.